The van der Waals surface area contributed by atoms with Gasteiger partial charge in [-0.05, 0) is 6.92 Å². The first-order valence-electron chi connectivity index (χ1n) is 3.27. The zero-order valence-corrected chi connectivity index (χ0v) is 10.0. The molecule has 0 aromatic heterocycles. The third-order valence-electron chi connectivity index (χ3n) is 1.23. The molecule has 67 valence electrons. The van der Waals surface area contributed by atoms with Gasteiger partial charge in [0.1, 0.15) is 0 Å². The molecule has 0 N–H and O–H groups in total. The molecule has 1 nitrogen and oxygen atoms in total. The predicted octanol–water partition coefficient (Wildman–Crippen LogP) is -4.28. The van der Waals surface area contributed by atoms with Gasteiger partial charge >= 0.3 is 21.7 Å². The Labute approximate surface area is 101 Å². The summed E-state index contributed by atoms with van der Waals surface area (Å²) >= 11 is 0. The molecule has 0 saturated carbocycles. The molecule has 1 radical (unpaired) electrons. The zero-order valence-electron chi connectivity index (χ0n) is 6.94. The first kappa shape index (κ1) is 18.5. The molecular formula is C8H11Cl2OTi. The maximum atomic E-state index is 5.17. The minimum absolute atomic E-state index is 0. The van der Waals surface area contributed by atoms with Crippen LogP contribution in [0, 0.1) is 6.08 Å². The number of allylic oxidation sites excluding steroid dienone is 2. The van der Waals surface area contributed by atoms with Crippen LogP contribution in [-0.4, -0.2) is 13.2 Å². The molecule has 0 fully saturated rings. The Morgan fingerprint density at radius 2 is 2.17 bits per heavy atom. The van der Waals surface area contributed by atoms with Crippen LogP contribution in [0.1, 0.15) is 13.3 Å². The fourth-order valence-electron chi connectivity index (χ4n) is 0.761. The van der Waals surface area contributed by atoms with E-state index in [4.69, 9.17) is 4.74 Å². The zero-order chi connectivity index (χ0) is 6.53. The van der Waals surface area contributed by atoms with Gasteiger partial charge < -0.3 is 29.6 Å². The normalized spacial score (nSPS) is 12.2. The van der Waals surface area contributed by atoms with Crippen LogP contribution in [0.25, 0.3) is 0 Å². The fourth-order valence-corrected chi connectivity index (χ4v) is 0.761. The van der Waals surface area contributed by atoms with Crippen LogP contribution in [0.15, 0.2) is 17.7 Å². The van der Waals surface area contributed by atoms with Gasteiger partial charge in [-0.1, -0.05) is 0 Å². The van der Waals surface area contributed by atoms with Crippen LogP contribution in [0.3, 0.4) is 0 Å². The maximum Gasteiger partial charge on any atom is 3.00 e. The van der Waals surface area contributed by atoms with Gasteiger partial charge in [-0.3, -0.25) is 6.08 Å². The largest absolute Gasteiger partial charge is 3.00 e. The van der Waals surface area contributed by atoms with E-state index in [0.29, 0.717) is 0 Å². The molecule has 0 bridgehead atoms. The number of halogens is 2. The Kier molecular flexibility index (Phi) is 18.1. The van der Waals surface area contributed by atoms with Crippen LogP contribution in [0.2, 0.25) is 0 Å². The SMILES string of the molecule is CCOCC1=[C-]CC=C1.[Cl-].[Cl-].[Ti+3]. The van der Waals surface area contributed by atoms with Crippen LogP contribution in [0.5, 0.6) is 0 Å². The summed E-state index contributed by atoms with van der Waals surface area (Å²) in [4.78, 5) is 0. The summed E-state index contributed by atoms with van der Waals surface area (Å²) in [5, 5.41) is 0. The van der Waals surface area contributed by atoms with Crippen LogP contribution >= 0.6 is 0 Å². The average Bonchev–Trinajstić information content (AvgIpc) is 2.34. The molecule has 12 heavy (non-hydrogen) atoms. The standard InChI is InChI=1S/C8H11O.2ClH.Ti/c1-2-9-7-8-5-3-4-6-8;;;/h3,5H,2,4,7H2,1H3;2*1H;/q-1;;;+3/p-2. The van der Waals surface area contributed by atoms with Crippen LogP contribution < -0.4 is 24.8 Å². The molecule has 0 amide bonds. The van der Waals surface area contributed by atoms with E-state index in [9.17, 15) is 0 Å². The van der Waals surface area contributed by atoms with Gasteiger partial charge in [-0.25, -0.2) is 6.08 Å². The quantitative estimate of drug-likeness (QED) is 0.359. The summed E-state index contributed by atoms with van der Waals surface area (Å²) in [6.07, 6.45) is 8.29. The average molecular weight is 242 g/mol. The van der Waals surface area contributed by atoms with Crippen molar-refractivity contribution in [2.75, 3.05) is 13.2 Å². The Morgan fingerprint density at radius 3 is 2.58 bits per heavy atom. The summed E-state index contributed by atoms with van der Waals surface area (Å²) in [5.74, 6) is 0. The van der Waals surface area contributed by atoms with Gasteiger partial charge in [-0.15, -0.1) is 6.42 Å². The first-order chi connectivity index (χ1) is 4.43. The summed E-state index contributed by atoms with van der Waals surface area (Å²) in [7, 11) is 0. The minimum Gasteiger partial charge on any atom is -1.00 e. The molecule has 0 heterocycles. The van der Waals surface area contributed by atoms with E-state index in [-0.39, 0.29) is 46.5 Å². The fraction of sp³-hybridized carbons (Fsp3) is 0.500. The van der Waals surface area contributed by atoms with Crippen LogP contribution in [0.4, 0.5) is 0 Å². The Morgan fingerprint density at radius 1 is 1.50 bits per heavy atom. The van der Waals surface area contributed by atoms with Gasteiger partial charge in [0.05, 0.1) is 0 Å². The Bertz CT molecular complexity index is 146. The Balaban J connectivity index is -0.000000270. The predicted molar refractivity (Wildman–Crippen MR) is 37.0 cm³/mol. The third-order valence-corrected chi connectivity index (χ3v) is 1.23. The Hall–Kier alpha value is 0.734. The maximum absolute atomic E-state index is 5.17. The van der Waals surface area contributed by atoms with E-state index in [1.807, 2.05) is 6.92 Å². The molecule has 0 saturated heterocycles. The van der Waals surface area contributed by atoms with Crippen molar-refractivity contribution >= 4 is 0 Å². The van der Waals surface area contributed by atoms with Crippen molar-refractivity contribution in [3.63, 3.8) is 0 Å². The first-order valence-corrected chi connectivity index (χ1v) is 3.27. The second-order valence-electron chi connectivity index (χ2n) is 1.95. The van der Waals surface area contributed by atoms with Crippen LogP contribution in [-0.2, 0) is 26.5 Å². The van der Waals surface area contributed by atoms with Gasteiger partial charge in [0.15, 0.2) is 0 Å². The molecule has 0 spiro atoms. The minimum atomic E-state index is 0. The van der Waals surface area contributed by atoms with Crippen molar-refractivity contribution in [2.24, 2.45) is 0 Å². The van der Waals surface area contributed by atoms with Crippen molar-refractivity contribution in [1.82, 2.24) is 0 Å². The van der Waals surface area contributed by atoms with E-state index in [2.05, 4.69) is 18.2 Å². The summed E-state index contributed by atoms with van der Waals surface area (Å²) in [6.45, 7) is 3.52. The third kappa shape index (κ3) is 7.39. The summed E-state index contributed by atoms with van der Waals surface area (Å²) < 4.78 is 5.17. The van der Waals surface area contributed by atoms with Gasteiger partial charge in [0.2, 0.25) is 0 Å². The molecular weight excluding hydrogens is 231 g/mol. The molecule has 4 heteroatoms. The van der Waals surface area contributed by atoms with Crippen molar-refractivity contribution in [3.05, 3.63) is 23.8 Å². The summed E-state index contributed by atoms with van der Waals surface area (Å²) in [6, 6.07) is 0. The van der Waals surface area contributed by atoms with E-state index in [1.54, 1.807) is 0 Å². The smallest absolute Gasteiger partial charge is 1.00 e. The van der Waals surface area contributed by atoms with E-state index >= 15 is 0 Å². The molecule has 0 atom stereocenters. The number of hydrogen-bond acceptors (Lipinski definition) is 1. The van der Waals surface area contributed by atoms with Gasteiger partial charge in [0, 0.05) is 13.2 Å². The second kappa shape index (κ2) is 11.7. The second-order valence-corrected chi connectivity index (χ2v) is 1.95. The molecule has 1 aliphatic carbocycles. The van der Waals surface area contributed by atoms with Crippen molar-refractivity contribution in [1.29, 1.82) is 0 Å². The van der Waals surface area contributed by atoms with Crippen molar-refractivity contribution < 1.29 is 51.3 Å². The molecule has 0 aliphatic heterocycles. The number of ether oxygens (including phenoxy) is 1. The van der Waals surface area contributed by atoms with Crippen molar-refractivity contribution in [3.8, 4) is 0 Å². The number of hydrogen-bond donors (Lipinski definition) is 0. The molecule has 0 unspecified atom stereocenters. The molecule has 1 aliphatic rings. The van der Waals surface area contributed by atoms with Gasteiger partial charge in [0.25, 0.3) is 0 Å². The molecule has 1 rings (SSSR count). The van der Waals surface area contributed by atoms with Gasteiger partial charge in [-0.2, -0.15) is 11.6 Å². The molecule has 0 aromatic rings. The monoisotopic (exact) mass is 241 g/mol. The number of rotatable bonds is 3. The van der Waals surface area contributed by atoms with E-state index < -0.39 is 0 Å². The van der Waals surface area contributed by atoms with Crippen molar-refractivity contribution in [2.45, 2.75) is 13.3 Å². The molecule has 0 aromatic carbocycles. The van der Waals surface area contributed by atoms with E-state index in [1.165, 1.54) is 5.57 Å². The van der Waals surface area contributed by atoms with E-state index in [0.717, 1.165) is 19.6 Å². The summed E-state index contributed by atoms with van der Waals surface area (Å²) in [5.41, 5.74) is 1.19. The topological polar surface area (TPSA) is 9.23 Å².